The van der Waals surface area contributed by atoms with Crippen LogP contribution in [0.25, 0.3) is 0 Å². The molecule has 28 heavy (non-hydrogen) atoms. The van der Waals surface area contributed by atoms with E-state index in [9.17, 15) is 18.0 Å². The van der Waals surface area contributed by atoms with Gasteiger partial charge in [-0.2, -0.15) is 13.2 Å². The van der Waals surface area contributed by atoms with Gasteiger partial charge in [-0.15, -0.1) is 24.8 Å². The average Bonchev–Trinajstić information content (AvgIpc) is 2.59. The average molecular weight is 463 g/mol. The Morgan fingerprint density at radius 1 is 1.32 bits per heavy atom. The second kappa shape index (κ2) is 11.0. The third-order valence-corrected chi connectivity index (χ3v) is 3.55. The van der Waals surface area contributed by atoms with Crippen LogP contribution in [0, 0.1) is 0 Å². The molecule has 0 saturated heterocycles. The minimum Gasteiger partial charge on any atom is -0.496 e. The second-order valence-corrected chi connectivity index (χ2v) is 5.54. The number of carbonyl (C=O) groups excluding carboxylic acids is 1. The SMILES string of the molecule is COc1cc(N)c(Cl)cc1C(=O)NCc1cccnc1OCC(F)(F)F.Cl.Cl. The van der Waals surface area contributed by atoms with Crippen molar-refractivity contribution in [2.24, 2.45) is 0 Å². The van der Waals surface area contributed by atoms with Crippen molar-refractivity contribution in [2.45, 2.75) is 12.7 Å². The number of nitrogen functional groups attached to an aromatic ring is 1. The molecule has 0 bridgehead atoms. The van der Waals surface area contributed by atoms with E-state index in [1.807, 2.05) is 0 Å². The van der Waals surface area contributed by atoms with Crippen LogP contribution in [0.4, 0.5) is 18.9 Å². The molecule has 6 nitrogen and oxygen atoms in total. The molecule has 0 saturated carbocycles. The Morgan fingerprint density at radius 2 is 2.00 bits per heavy atom. The highest BCUT2D eigenvalue weighted by atomic mass is 35.5. The number of aromatic nitrogens is 1. The number of hydrogen-bond donors (Lipinski definition) is 2. The van der Waals surface area contributed by atoms with Crippen molar-refractivity contribution in [1.82, 2.24) is 10.3 Å². The van der Waals surface area contributed by atoms with Gasteiger partial charge in [0.2, 0.25) is 5.88 Å². The Bertz CT molecular complexity index is 808. The van der Waals surface area contributed by atoms with Crippen LogP contribution in [0.5, 0.6) is 11.6 Å². The third kappa shape index (κ3) is 7.14. The van der Waals surface area contributed by atoms with Gasteiger partial charge in [0, 0.05) is 24.4 Å². The fourth-order valence-corrected chi connectivity index (χ4v) is 2.19. The summed E-state index contributed by atoms with van der Waals surface area (Å²) in [5.74, 6) is -0.550. The zero-order chi connectivity index (χ0) is 19.3. The molecule has 156 valence electrons. The summed E-state index contributed by atoms with van der Waals surface area (Å²) in [6.07, 6.45) is -3.20. The highest BCUT2D eigenvalue weighted by molar-refractivity contribution is 6.33. The molecule has 12 heteroatoms. The number of nitrogens with zero attached hydrogens (tertiary/aromatic N) is 1. The number of anilines is 1. The molecule has 2 aromatic rings. The van der Waals surface area contributed by atoms with Crippen LogP contribution < -0.4 is 20.5 Å². The van der Waals surface area contributed by atoms with Crippen molar-refractivity contribution in [2.75, 3.05) is 19.5 Å². The fourth-order valence-electron chi connectivity index (χ4n) is 2.02. The maximum atomic E-state index is 12.4. The van der Waals surface area contributed by atoms with E-state index in [1.54, 1.807) is 0 Å². The lowest BCUT2D eigenvalue weighted by Gasteiger charge is -2.14. The third-order valence-electron chi connectivity index (χ3n) is 3.23. The standard InChI is InChI=1S/C16H15ClF3N3O3.2ClH/c1-25-13-6-12(21)11(17)5-10(13)14(24)23-7-9-3-2-4-22-15(9)26-8-16(18,19)20;;/h2-6H,7-8,21H2,1H3,(H,23,24);2*1H. The predicted octanol–water partition coefficient (Wildman–Crippen LogP) is 4.04. The number of nitrogens with one attached hydrogen (secondary N) is 1. The number of halogens is 6. The van der Waals surface area contributed by atoms with Gasteiger partial charge in [0.1, 0.15) is 5.75 Å². The van der Waals surface area contributed by atoms with Crippen LogP contribution >= 0.6 is 36.4 Å². The summed E-state index contributed by atoms with van der Waals surface area (Å²) < 4.78 is 46.7. The van der Waals surface area contributed by atoms with Crippen LogP contribution in [0.2, 0.25) is 5.02 Å². The second-order valence-electron chi connectivity index (χ2n) is 5.13. The number of ether oxygens (including phenoxy) is 2. The van der Waals surface area contributed by atoms with Gasteiger partial charge < -0.3 is 20.5 Å². The fraction of sp³-hybridized carbons (Fsp3) is 0.250. The minimum atomic E-state index is -4.49. The van der Waals surface area contributed by atoms with Crippen LogP contribution in [0.1, 0.15) is 15.9 Å². The lowest BCUT2D eigenvalue weighted by Crippen LogP contribution is -2.25. The monoisotopic (exact) mass is 461 g/mol. The Labute approximate surface area is 176 Å². The summed E-state index contributed by atoms with van der Waals surface area (Å²) in [7, 11) is 1.36. The molecule has 0 atom stereocenters. The number of methoxy groups -OCH3 is 1. The number of hydrogen-bond acceptors (Lipinski definition) is 5. The molecule has 0 aliphatic heterocycles. The van der Waals surface area contributed by atoms with Crippen LogP contribution in [-0.4, -0.2) is 30.8 Å². The van der Waals surface area contributed by atoms with E-state index in [4.69, 9.17) is 22.1 Å². The van der Waals surface area contributed by atoms with Gasteiger partial charge in [-0.25, -0.2) is 4.98 Å². The summed E-state index contributed by atoms with van der Waals surface area (Å²) in [5.41, 5.74) is 6.32. The summed E-state index contributed by atoms with van der Waals surface area (Å²) in [6.45, 7) is -1.59. The van der Waals surface area contributed by atoms with Crippen molar-refractivity contribution in [3.8, 4) is 11.6 Å². The molecule has 1 amide bonds. The van der Waals surface area contributed by atoms with E-state index >= 15 is 0 Å². The molecule has 0 unspecified atom stereocenters. The highest BCUT2D eigenvalue weighted by Gasteiger charge is 2.29. The van der Waals surface area contributed by atoms with Crippen LogP contribution in [0.15, 0.2) is 30.5 Å². The van der Waals surface area contributed by atoms with Crippen LogP contribution in [0.3, 0.4) is 0 Å². The van der Waals surface area contributed by atoms with Crippen molar-refractivity contribution >= 4 is 48.0 Å². The van der Waals surface area contributed by atoms with E-state index < -0.39 is 18.7 Å². The molecular formula is C16H17Cl3F3N3O3. The van der Waals surface area contributed by atoms with E-state index in [0.29, 0.717) is 0 Å². The number of amides is 1. The predicted molar refractivity (Wildman–Crippen MR) is 104 cm³/mol. The van der Waals surface area contributed by atoms with Gasteiger partial charge in [-0.05, 0) is 12.1 Å². The topological polar surface area (TPSA) is 86.5 Å². The summed E-state index contributed by atoms with van der Waals surface area (Å²) in [6, 6.07) is 5.75. The van der Waals surface area contributed by atoms with E-state index in [0.717, 1.165) is 0 Å². The molecule has 0 spiro atoms. The molecular weight excluding hydrogens is 446 g/mol. The van der Waals surface area contributed by atoms with Gasteiger partial charge in [0.25, 0.3) is 5.91 Å². The maximum Gasteiger partial charge on any atom is 0.422 e. The lowest BCUT2D eigenvalue weighted by molar-refractivity contribution is -0.154. The van der Waals surface area contributed by atoms with E-state index in [2.05, 4.69) is 15.0 Å². The molecule has 1 aromatic heterocycles. The first kappa shape index (κ1) is 25.9. The Morgan fingerprint density at radius 3 is 2.61 bits per heavy atom. The number of benzene rings is 1. The molecule has 3 N–H and O–H groups in total. The lowest BCUT2D eigenvalue weighted by atomic mass is 10.1. The number of carbonyl (C=O) groups is 1. The quantitative estimate of drug-likeness (QED) is 0.633. The number of nitrogens with two attached hydrogens (primary N) is 1. The number of pyridine rings is 1. The zero-order valence-electron chi connectivity index (χ0n) is 14.4. The molecule has 0 aliphatic carbocycles. The molecule has 1 aromatic carbocycles. The molecule has 0 radical (unpaired) electrons. The Kier molecular flexibility index (Phi) is 10.2. The normalized spacial score (nSPS) is 10.3. The largest absolute Gasteiger partial charge is 0.496 e. The maximum absolute atomic E-state index is 12.4. The van der Waals surface area contributed by atoms with Crippen LogP contribution in [-0.2, 0) is 6.54 Å². The summed E-state index contributed by atoms with van der Waals surface area (Å²) in [4.78, 5) is 16.1. The first-order valence-electron chi connectivity index (χ1n) is 7.26. The van der Waals surface area contributed by atoms with E-state index in [-0.39, 0.29) is 64.8 Å². The minimum absolute atomic E-state index is 0. The molecule has 0 aliphatic rings. The molecule has 0 fully saturated rings. The van der Waals surface area contributed by atoms with Crippen molar-refractivity contribution < 1.29 is 27.4 Å². The van der Waals surface area contributed by atoms with Crippen molar-refractivity contribution in [3.63, 3.8) is 0 Å². The molecule has 1 heterocycles. The molecule has 2 rings (SSSR count). The number of rotatable bonds is 6. The van der Waals surface area contributed by atoms with E-state index in [1.165, 1.54) is 37.6 Å². The first-order chi connectivity index (χ1) is 12.2. The summed E-state index contributed by atoms with van der Waals surface area (Å²) in [5, 5.41) is 2.73. The van der Waals surface area contributed by atoms with Crippen molar-refractivity contribution in [3.05, 3.63) is 46.6 Å². The number of alkyl halides is 3. The van der Waals surface area contributed by atoms with Gasteiger partial charge in [-0.3, -0.25) is 4.79 Å². The van der Waals surface area contributed by atoms with Gasteiger partial charge in [-0.1, -0.05) is 17.7 Å². The van der Waals surface area contributed by atoms with Gasteiger partial charge in [0.15, 0.2) is 6.61 Å². The highest BCUT2D eigenvalue weighted by Crippen LogP contribution is 2.29. The Hall–Kier alpha value is -2.10. The summed E-state index contributed by atoms with van der Waals surface area (Å²) >= 11 is 5.92. The van der Waals surface area contributed by atoms with Gasteiger partial charge in [0.05, 0.1) is 23.4 Å². The first-order valence-corrected chi connectivity index (χ1v) is 7.63. The van der Waals surface area contributed by atoms with Gasteiger partial charge >= 0.3 is 6.18 Å². The smallest absolute Gasteiger partial charge is 0.422 e. The Balaban J connectivity index is 0.00000364. The van der Waals surface area contributed by atoms with Crippen molar-refractivity contribution in [1.29, 1.82) is 0 Å². The zero-order valence-corrected chi connectivity index (χ0v) is 16.8.